The molecule has 0 saturated carbocycles. The Morgan fingerprint density at radius 3 is 2.44 bits per heavy atom. The van der Waals surface area contributed by atoms with Gasteiger partial charge in [-0.3, -0.25) is 19.4 Å². The van der Waals surface area contributed by atoms with Crippen molar-refractivity contribution < 1.29 is 48.4 Å². The van der Waals surface area contributed by atoms with E-state index >= 15 is 0 Å². The van der Waals surface area contributed by atoms with E-state index in [2.05, 4.69) is 20.1 Å². The number of nitrogen functional groups attached to an aromatic ring is 1. The largest absolute Gasteiger partial charge is 0.448 e. The molecule has 5 rings (SSSR count). The predicted molar refractivity (Wildman–Crippen MR) is 237 cm³/mol. The van der Waals surface area contributed by atoms with Crippen LogP contribution in [0.2, 0.25) is 0 Å². The van der Waals surface area contributed by atoms with Crippen LogP contribution in [0, 0.1) is 29.6 Å². The van der Waals surface area contributed by atoms with Crippen molar-refractivity contribution in [3.8, 4) is 11.4 Å². The first-order chi connectivity index (χ1) is 28.6. The fraction of sp³-hybridized carbons (Fsp3) is 0.659. The predicted octanol–water partition coefficient (Wildman–Crippen LogP) is 5.15. The number of nitrogens with two attached hydrogens (primary N) is 1. The van der Waals surface area contributed by atoms with Gasteiger partial charge >= 0.3 is 5.97 Å². The van der Waals surface area contributed by atoms with E-state index in [1.165, 1.54) is 13.8 Å². The molecule has 0 aliphatic carbocycles. The SMILES string of the molecule is CC(=O)N=C1[C@H](C)C[C@@]2(C)OC/C(=N/OCc3ccc(-c4cccc(N)n4)nc3)CC[C@H]([C@H]1C)[C@](C)(O)[C@@H](I)OC(=O)[C@H](C)C(=O)[C@H](C)[C@H]2O[C@@H]1O[C@H](C)C[C@H](N(C)C)[C@H]1O. The Morgan fingerprint density at radius 2 is 1.80 bits per heavy atom. The number of hydrogen-bond acceptors (Lipinski definition) is 15. The van der Waals surface area contributed by atoms with Gasteiger partial charge in [0.05, 0.1) is 41.5 Å². The normalized spacial score (nSPS) is 37.1. The lowest BCUT2D eigenvalue weighted by atomic mass is 9.70. The summed E-state index contributed by atoms with van der Waals surface area (Å²) in [6.07, 6.45) is -0.705. The van der Waals surface area contributed by atoms with Crippen molar-refractivity contribution in [3.05, 3.63) is 42.1 Å². The number of alkyl halides is 1. The number of aliphatic imine (C=N–C) groups is 1. The Kier molecular flexibility index (Phi) is 16.2. The highest BCUT2D eigenvalue weighted by Crippen LogP contribution is 2.43. The summed E-state index contributed by atoms with van der Waals surface area (Å²) in [6, 6.07) is 8.70. The number of halogens is 1. The van der Waals surface area contributed by atoms with Gasteiger partial charge < -0.3 is 44.6 Å². The number of nitrogens with zero attached hydrogens (tertiary/aromatic N) is 5. The Bertz CT molecular complexity index is 1930. The van der Waals surface area contributed by atoms with Gasteiger partial charge in [-0.25, -0.2) is 9.98 Å². The average molecular weight is 963 g/mol. The zero-order valence-corrected chi connectivity index (χ0v) is 39.1. The number of ketones is 1. The number of anilines is 1. The molecule has 13 atom stereocenters. The lowest BCUT2D eigenvalue weighted by Gasteiger charge is -2.47. The lowest BCUT2D eigenvalue weighted by molar-refractivity contribution is -0.296. The number of cyclic esters (lactones) is 1. The zero-order valence-electron chi connectivity index (χ0n) is 36.9. The molecule has 16 nitrogen and oxygen atoms in total. The van der Waals surface area contributed by atoms with Gasteiger partial charge in [-0.1, -0.05) is 38.1 Å². The summed E-state index contributed by atoms with van der Waals surface area (Å²) in [6.45, 7) is 13.7. The lowest BCUT2D eigenvalue weighted by Crippen LogP contribution is -2.59. The molecular formula is C44H63IN6O10. The van der Waals surface area contributed by atoms with E-state index in [0.29, 0.717) is 41.5 Å². The fourth-order valence-electron chi connectivity index (χ4n) is 8.98. The van der Waals surface area contributed by atoms with Crippen molar-refractivity contribution in [2.45, 2.75) is 134 Å². The van der Waals surface area contributed by atoms with Gasteiger partial charge in [-0.15, -0.1) is 0 Å². The van der Waals surface area contributed by atoms with Crippen LogP contribution in [0.1, 0.15) is 86.6 Å². The molecule has 2 aromatic rings. The summed E-state index contributed by atoms with van der Waals surface area (Å²) >= 11 is 1.90. The summed E-state index contributed by atoms with van der Waals surface area (Å²) < 4.78 is 24.8. The van der Waals surface area contributed by atoms with Crippen molar-refractivity contribution in [2.24, 2.45) is 39.7 Å². The topological polar surface area (TPSA) is 218 Å². The number of esters is 1. The van der Waals surface area contributed by atoms with Gasteiger partial charge in [0.25, 0.3) is 0 Å². The molecule has 1 amide bonds. The van der Waals surface area contributed by atoms with Crippen LogP contribution in [0.3, 0.4) is 0 Å². The molecule has 5 heterocycles. The van der Waals surface area contributed by atoms with E-state index in [4.69, 9.17) is 29.5 Å². The summed E-state index contributed by atoms with van der Waals surface area (Å²) in [5.41, 5.74) is 5.88. The van der Waals surface area contributed by atoms with Crippen LogP contribution < -0.4 is 5.73 Å². The molecule has 3 fully saturated rings. The Morgan fingerprint density at radius 1 is 1.08 bits per heavy atom. The highest BCUT2D eigenvalue weighted by atomic mass is 127. The number of pyridine rings is 2. The number of amides is 1. The first kappa shape index (κ1) is 48.6. The monoisotopic (exact) mass is 962 g/mol. The van der Waals surface area contributed by atoms with Gasteiger partial charge in [-0.2, -0.15) is 0 Å². The molecule has 0 radical (unpaired) electrons. The maximum Gasteiger partial charge on any atom is 0.317 e. The van der Waals surface area contributed by atoms with E-state index in [1.54, 1.807) is 26.1 Å². The first-order valence-corrected chi connectivity index (χ1v) is 22.2. The number of Topliss-reactive ketones (excluding diaryl/α,β-unsaturated/α-hetero) is 1. The number of aromatic nitrogens is 2. The smallest absolute Gasteiger partial charge is 0.317 e. The van der Waals surface area contributed by atoms with Crippen LogP contribution in [0.15, 0.2) is 46.7 Å². The second-order valence-electron chi connectivity index (χ2n) is 17.6. The summed E-state index contributed by atoms with van der Waals surface area (Å²) in [7, 11) is 3.74. The highest BCUT2D eigenvalue weighted by Gasteiger charge is 2.52. The molecule has 61 heavy (non-hydrogen) atoms. The second-order valence-corrected chi connectivity index (χ2v) is 18.8. The van der Waals surface area contributed by atoms with E-state index in [-0.39, 0.29) is 38.2 Å². The van der Waals surface area contributed by atoms with Crippen molar-refractivity contribution in [3.63, 3.8) is 0 Å². The van der Waals surface area contributed by atoms with Crippen LogP contribution in [0.25, 0.3) is 11.4 Å². The van der Waals surface area contributed by atoms with E-state index in [1.807, 2.05) is 93.5 Å². The minimum atomic E-state index is -1.67. The van der Waals surface area contributed by atoms with Crippen LogP contribution in [-0.2, 0) is 44.8 Å². The van der Waals surface area contributed by atoms with Crippen LogP contribution >= 0.6 is 22.6 Å². The van der Waals surface area contributed by atoms with Crippen molar-refractivity contribution in [2.75, 3.05) is 26.4 Å². The number of aliphatic hydroxyl groups is 2. The molecule has 0 spiro atoms. The number of likely N-dealkylation sites (N-methyl/N-ethyl adjacent to an activating group) is 1. The summed E-state index contributed by atoms with van der Waals surface area (Å²) in [5.74, 6) is -5.18. The van der Waals surface area contributed by atoms with Crippen LogP contribution in [0.4, 0.5) is 5.82 Å². The Labute approximate surface area is 372 Å². The van der Waals surface area contributed by atoms with Crippen molar-refractivity contribution in [1.82, 2.24) is 14.9 Å². The second kappa shape index (κ2) is 20.4. The molecular weight excluding hydrogens is 899 g/mol. The van der Waals surface area contributed by atoms with Gasteiger partial charge in [0.1, 0.15) is 30.0 Å². The third-order valence-electron chi connectivity index (χ3n) is 12.4. The number of ether oxygens (including phenoxy) is 4. The standard InChI is InChI=1S/C44H63IN6O10/c1-23-19-43(7)39(60-41-38(54)34(51(9)10)18-24(2)59-41)26(4)37(53)27(5)40(55)61-42(45)44(8,56)31(25(3)36(23)48-28(6)52)16-15-30(22-57-43)50-58-21-29-14-17-32(47-20-29)33-12-11-13-35(46)49-33/h11-14,17,20,23-27,31,34,38-39,41-42,54,56H,15-16,18-19,21-22H2,1-10H3,(H2,46,49)/b48-36?,50-30+/t23-,24-,25-,26+,27-,31-,34+,38-,39-,41+,42+,43-,44+/m1/s1. The molecule has 336 valence electrons. The quantitative estimate of drug-likeness (QED) is 0.108. The highest BCUT2D eigenvalue weighted by molar-refractivity contribution is 14.1. The number of oxime groups is 1. The zero-order chi connectivity index (χ0) is 45.0. The fourth-order valence-corrected chi connectivity index (χ4v) is 9.69. The molecule has 17 heteroatoms. The minimum Gasteiger partial charge on any atom is -0.448 e. The molecule has 0 aromatic carbocycles. The number of aliphatic hydroxyl groups excluding tert-OH is 1. The first-order valence-electron chi connectivity index (χ1n) is 21.0. The van der Waals surface area contributed by atoms with Crippen LogP contribution in [0.5, 0.6) is 0 Å². The maximum absolute atomic E-state index is 14.5. The van der Waals surface area contributed by atoms with Crippen molar-refractivity contribution in [1.29, 1.82) is 0 Å². The number of rotatable bonds is 7. The Balaban J connectivity index is 1.60. The average Bonchev–Trinajstić information content (AvgIpc) is 3.21. The van der Waals surface area contributed by atoms with Gasteiger partial charge in [0.2, 0.25) is 5.91 Å². The molecule has 2 aromatic heterocycles. The van der Waals surface area contributed by atoms with Gasteiger partial charge in [0, 0.05) is 42.3 Å². The molecule has 4 N–H and O–H groups in total. The number of hydrogen-bond donors (Lipinski definition) is 3. The molecule has 3 saturated heterocycles. The summed E-state index contributed by atoms with van der Waals surface area (Å²) in [4.78, 5) is 62.4. The van der Waals surface area contributed by atoms with Crippen molar-refractivity contribution >= 4 is 57.5 Å². The third-order valence-corrected chi connectivity index (χ3v) is 14.0. The molecule has 3 aliphatic rings. The number of carbonyl (C=O) groups excluding carboxylic acids is 3. The van der Waals surface area contributed by atoms with E-state index in [9.17, 15) is 24.6 Å². The Hall–Kier alpha value is -3.46. The van der Waals surface area contributed by atoms with Crippen LogP contribution in [-0.4, -0.2) is 121 Å². The maximum atomic E-state index is 14.5. The third kappa shape index (κ3) is 11.6. The number of fused-ring (bicyclic) bond motifs is 5. The molecule has 0 unspecified atom stereocenters. The van der Waals surface area contributed by atoms with E-state index in [0.717, 1.165) is 5.56 Å². The minimum absolute atomic E-state index is 0.0749. The van der Waals surface area contributed by atoms with E-state index < -0.39 is 81.1 Å². The summed E-state index contributed by atoms with van der Waals surface area (Å²) in [5, 5.41) is 28.6. The number of carbonyl (C=O) groups is 3. The molecule has 3 aliphatic heterocycles. The van der Waals surface area contributed by atoms with Gasteiger partial charge in [-0.05, 0) is 120 Å². The van der Waals surface area contributed by atoms with Gasteiger partial charge in [0.15, 0.2) is 16.2 Å². The molecule has 2 bridgehead atoms.